The lowest BCUT2D eigenvalue weighted by Gasteiger charge is -2.07. The van der Waals surface area contributed by atoms with Gasteiger partial charge in [0.2, 0.25) is 5.82 Å². The van der Waals surface area contributed by atoms with Crippen molar-refractivity contribution >= 4 is 21.9 Å². The molecule has 5 nitrogen and oxygen atoms in total. The monoisotopic (exact) mass is 310 g/mol. The molecule has 0 fully saturated rings. The van der Waals surface area contributed by atoms with Crippen molar-refractivity contribution in [2.24, 2.45) is 7.05 Å². The molecule has 0 saturated heterocycles. The van der Waals surface area contributed by atoms with Gasteiger partial charge in [-0.2, -0.15) is 0 Å². The molecular formula is C12H11BrN2O3. The number of carboxylic acid groups (broad SMARTS) is 1. The second kappa shape index (κ2) is 5.22. The first-order chi connectivity index (χ1) is 8.58. The van der Waals surface area contributed by atoms with Gasteiger partial charge in [-0.1, -0.05) is 15.9 Å². The van der Waals surface area contributed by atoms with Crippen molar-refractivity contribution in [2.45, 2.75) is 6.61 Å². The van der Waals surface area contributed by atoms with Gasteiger partial charge in [-0.3, -0.25) is 0 Å². The summed E-state index contributed by atoms with van der Waals surface area (Å²) in [4.78, 5) is 14.6. The van der Waals surface area contributed by atoms with Gasteiger partial charge < -0.3 is 14.4 Å². The van der Waals surface area contributed by atoms with Gasteiger partial charge in [-0.25, -0.2) is 9.78 Å². The van der Waals surface area contributed by atoms with E-state index in [0.29, 0.717) is 5.69 Å². The molecule has 0 bridgehead atoms. The van der Waals surface area contributed by atoms with Crippen LogP contribution in [0.4, 0.5) is 0 Å². The number of benzene rings is 1. The molecular weight excluding hydrogens is 300 g/mol. The lowest BCUT2D eigenvalue weighted by molar-refractivity contribution is 0.0679. The van der Waals surface area contributed by atoms with Gasteiger partial charge in [-0.15, -0.1) is 0 Å². The Morgan fingerprint density at radius 2 is 2.11 bits per heavy atom. The summed E-state index contributed by atoms with van der Waals surface area (Å²) in [5.74, 6) is -0.326. The van der Waals surface area contributed by atoms with Crippen LogP contribution in [0.5, 0.6) is 5.75 Å². The van der Waals surface area contributed by atoms with Crippen LogP contribution in [-0.4, -0.2) is 20.6 Å². The van der Waals surface area contributed by atoms with E-state index in [1.807, 2.05) is 24.3 Å². The summed E-state index contributed by atoms with van der Waals surface area (Å²) < 4.78 is 8.02. The molecule has 0 atom stereocenters. The molecule has 0 spiro atoms. The molecule has 0 unspecified atom stereocenters. The average molecular weight is 311 g/mol. The minimum absolute atomic E-state index is 0.00408. The molecule has 0 radical (unpaired) electrons. The highest BCUT2D eigenvalue weighted by Gasteiger charge is 2.12. The molecule has 0 aliphatic heterocycles. The second-order valence-electron chi connectivity index (χ2n) is 3.68. The number of imidazole rings is 1. The number of carboxylic acids is 1. The summed E-state index contributed by atoms with van der Waals surface area (Å²) in [6.07, 6.45) is 1.50. The Balaban J connectivity index is 2.06. The Labute approximate surface area is 112 Å². The summed E-state index contributed by atoms with van der Waals surface area (Å²) in [6.45, 7) is 0.276. The van der Waals surface area contributed by atoms with Gasteiger partial charge in [0.1, 0.15) is 12.4 Å². The third-order valence-corrected chi connectivity index (χ3v) is 3.00. The summed E-state index contributed by atoms with van der Waals surface area (Å²) in [5.41, 5.74) is 0.704. The number of nitrogens with zero attached hydrogens (tertiary/aromatic N) is 2. The first-order valence-electron chi connectivity index (χ1n) is 5.20. The van der Waals surface area contributed by atoms with Gasteiger partial charge in [-0.05, 0) is 24.3 Å². The van der Waals surface area contributed by atoms with Crippen molar-refractivity contribution in [2.75, 3.05) is 0 Å². The molecule has 1 heterocycles. The molecule has 2 rings (SSSR count). The number of aromatic nitrogens is 2. The van der Waals surface area contributed by atoms with E-state index in [0.717, 1.165) is 10.2 Å². The van der Waals surface area contributed by atoms with Crippen molar-refractivity contribution in [3.05, 3.63) is 46.5 Å². The zero-order valence-electron chi connectivity index (χ0n) is 9.63. The third kappa shape index (κ3) is 2.70. The van der Waals surface area contributed by atoms with Gasteiger partial charge in [0, 0.05) is 11.5 Å². The summed E-state index contributed by atoms with van der Waals surface area (Å²) in [5, 5.41) is 8.87. The molecule has 2 aromatic rings. The van der Waals surface area contributed by atoms with E-state index in [-0.39, 0.29) is 12.4 Å². The number of halogens is 1. The van der Waals surface area contributed by atoms with E-state index in [1.54, 1.807) is 7.05 Å². The number of rotatable bonds is 4. The molecule has 0 aliphatic rings. The standard InChI is InChI=1S/C12H11BrN2O3/c1-15-9(6-14-11(15)12(16)17)7-18-10-4-2-8(13)3-5-10/h2-6H,7H2,1H3,(H,16,17). The number of hydrogen-bond donors (Lipinski definition) is 1. The zero-order valence-corrected chi connectivity index (χ0v) is 11.2. The first kappa shape index (κ1) is 12.6. The fraction of sp³-hybridized carbons (Fsp3) is 0.167. The van der Waals surface area contributed by atoms with Crippen LogP contribution >= 0.6 is 15.9 Å². The van der Waals surface area contributed by atoms with E-state index >= 15 is 0 Å². The maximum Gasteiger partial charge on any atom is 0.372 e. The summed E-state index contributed by atoms with van der Waals surface area (Å²) in [6, 6.07) is 7.42. The first-order valence-corrected chi connectivity index (χ1v) is 5.99. The second-order valence-corrected chi connectivity index (χ2v) is 4.60. The lowest BCUT2D eigenvalue weighted by atomic mass is 10.3. The largest absolute Gasteiger partial charge is 0.487 e. The van der Waals surface area contributed by atoms with Crippen molar-refractivity contribution in [3.63, 3.8) is 0 Å². The average Bonchev–Trinajstić information content (AvgIpc) is 2.70. The smallest absolute Gasteiger partial charge is 0.372 e. The van der Waals surface area contributed by atoms with Crippen LogP contribution in [-0.2, 0) is 13.7 Å². The Morgan fingerprint density at radius 1 is 1.44 bits per heavy atom. The Hall–Kier alpha value is -1.82. The van der Waals surface area contributed by atoms with E-state index in [2.05, 4.69) is 20.9 Å². The van der Waals surface area contributed by atoms with Crippen LogP contribution in [0.2, 0.25) is 0 Å². The van der Waals surface area contributed by atoms with Gasteiger partial charge >= 0.3 is 5.97 Å². The van der Waals surface area contributed by atoms with Crippen molar-refractivity contribution in [1.29, 1.82) is 0 Å². The summed E-state index contributed by atoms with van der Waals surface area (Å²) >= 11 is 3.34. The van der Waals surface area contributed by atoms with Gasteiger partial charge in [0.25, 0.3) is 0 Å². The van der Waals surface area contributed by atoms with E-state index in [9.17, 15) is 4.79 Å². The highest BCUT2D eigenvalue weighted by Crippen LogP contribution is 2.17. The normalized spacial score (nSPS) is 10.3. The van der Waals surface area contributed by atoms with E-state index in [1.165, 1.54) is 10.8 Å². The molecule has 0 aliphatic carbocycles. The van der Waals surface area contributed by atoms with Crippen LogP contribution in [0, 0.1) is 0 Å². The van der Waals surface area contributed by atoms with Crippen LogP contribution in [0.1, 0.15) is 16.3 Å². The third-order valence-electron chi connectivity index (χ3n) is 2.48. The van der Waals surface area contributed by atoms with Crippen LogP contribution < -0.4 is 4.74 Å². The Bertz CT molecular complexity index is 563. The zero-order chi connectivity index (χ0) is 13.1. The van der Waals surface area contributed by atoms with Crippen LogP contribution in [0.25, 0.3) is 0 Å². The predicted molar refractivity (Wildman–Crippen MR) is 68.6 cm³/mol. The van der Waals surface area contributed by atoms with Gasteiger partial charge in [0.05, 0.1) is 11.9 Å². The SMILES string of the molecule is Cn1c(COc2ccc(Br)cc2)cnc1C(=O)O. The highest BCUT2D eigenvalue weighted by molar-refractivity contribution is 9.10. The minimum atomic E-state index is -1.05. The molecule has 1 N–H and O–H groups in total. The van der Waals surface area contributed by atoms with Crippen molar-refractivity contribution in [3.8, 4) is 5.75 Å². The molecule has 0 saturated carbocycles. The number of hydrogen-bond acceptors (Lipinski definition) is 3. The predicted octanol–water partition coefficient (Wildman–Crippen LogP) is 2.46. The quantitative estimate of drug-likeness (QED) is 0.942. The van der Waals surface area contributed by atoms with Crippen LogP contribution in [0.15, 0.2) is 34.9 Å². The maximum atomic E-state index is 10.8. The molecule has 6 heteroatoms. The van der Waals surface area contributed by atoms with Gasteiger partial charge in [0.15, 0.2) is 0 Å². The maximum absolute atomic E-state index is 10.8. The van der Waals surface area contributed by atoms with E-state index < -0.39 is 5.97 Å². The van der Waals surface area contributed by atoms with Crippen molar-refractivity contribution < 1.29 is 14.6 Å². The van der Waals surface area contributed by atoms with E-state index in [4.69, 9.17) is 9.84 Å². The Morgan fingerprint density at radius 3 is 2.67 bits per heavy atom. The number of ether oxygens (including phenoxy) is 1. The van der Waals surface area contributed by atoms with Crippen LogP contribution in [0.3, 0.4) is 0 Å². The highest BCUT2D eigenvalue weighted by atomic mass is 79.9. The number of aromatic carboxylic acids is 1. The van der Waals surface area contributed by atoms with Crippen molar-refractivity contribution in [1.82, 2.24) is 9.55 Å². The fourth-order valence-corrected chi connectivity index (χ4v) is 1.73. The number of carbonyl (C=O) groups is 1. The molecule has 1 aromatic heterocycles. The fourth-order valence-electron chi connectivity index (χ4n) is 1.47. The molecule has 94 valence electrons. The minimum Gasteiger partial charge on any atom is -0.487 e. The molecule has 0 amide bonds. The topological polar surface area (TPSA) is 64.4 Å². The Kier molecular flexibility index (Phi) is 3.66. The summed E-state index contributed by atoms with van der Waals surface area (Å²) in [7, 11) is 1.65. The molecule has 1 aromatic carbocycles. The lowest BCUT2D eigenvalue weighted by Crippen LogP contribution is -2.09. The molecule has 18 heavy (non-hydrogen) atoms.